The van der Waals surface area contributed by atoms with Gasteiger partial charge in [-0.05, 0) is 13.3 Å². The van der Waals surface area contributed by atoms with Crippen LogP contribution in [0.4, 0.5) is 0 Å². The summed E-state index contributed by atoms with van der Waals surface area (Å²) >= 11 is 0. The third kappa shape index (κ3) is 0.872. The van der Waals surface area contributed by atoms with Crippen molar-refractivity contribution in [1.82, 2.24) is 0 Å². The highest BCUT2D eigenvalue weighted by Crippen LogP contribution is 2.57. The first kappa shape index (κ1) is 7.10. The van der Waals surface area contributed by atoms with Gasteiger partial charge in [0.2, 0.25) is 0 Å². The van der Waals surface area contributed by atoms with Gasteiger partial charge in [0.05, 0.1) is 25.2 Å². The Morgan fingerprint density at radius 1 is 1.82 bits per heavy atom. The van der Waals surface area contributed by atoms with E-state index in [1.54, 1.807) is 0 Å². The summed E-state index contributed by atoms with van der Waals surface area (Å²) in [5.74, 6) is 0.407. The van der Waals surface area contributed by atoms with Crippen LogP contribution in [0.3, 0.4) is 0 Å². The predicted molar refractivity (Wildman–Crippen MR) is 38.0 cm³/mol. The van der Waals surface area contributed by atoms with Crippen molar-refractivity contribution >= 4 is 5.97 Å². The minimum Gasteiger partial charge on any atom is -0.465 e. The molecular formula is C8H12O3. The van der Waals surface area contributed by atoms with Crippen LogP contribution < -0.4 is 0 Å². The van der Waals surface area contributed by atoms with Crippen LogP contribution in [0.15, 0.2) is 0 Å². The highest BCUT2D eigenvalue weighted by atomic mass is 16.5. The number of carbonyl (C=O) groups excluding carboxylic acids is 1. The monoisotopic (exact) mass is 156 g/mol. The Morgan fingerprint density at radius 2 is 2.64 bits per heavy atom. The average molecular weight is 156 g/mol. The molecule has 0 amide bonds. The van der Waals surface area contributed by atoms with Crippen LogP contribution in [-0.4, -0.2) is 25.8 Å². The van der Waals surface area contributed by atoms with Crippen LogP contribution in [0.1, 0.15) is 13.3 Å². The summed E-state index contributed by atoms with van der Waals surface area (Å²) in [5.41, 5.74) is -0.212. The Morgan fingerprint density at radius 3 is 3.09 bits per heavy atom. The molecule has 1 aliphatic heterocycles. The van der Waals surface area contributed by atoms with Gasteiger partial charge in [-0.25, -0.2) is 0 Å². The molecule has 2 unspecified atom stereocenters. The fraction of sp³-hybridized carbons (Fsp3) is 0.875. The second-order valence-electron chi connectivity index (χ2n) is 3.29. The van der Waals surface area contributed by atoms with E-state index in [9.17, 15) is 4.79 Å². The van der Waals surface area contributed by atoms with Gasteiger partial charge < -0.3 is 9.47 Å². The van der Waals surface area contributed by atoms with E-state index < -0.39 is 0 Å². The van der Waals surface area contributed by atoms with E-state index in [0.29, 0.717) is 19.1 Å². The number of carbonyl (C=O) groups is 1. The van der Waals surface area contributed by atoms with Gasteiger partial charge in [0.15, 0.2) is 0 Å². The number of ether oxygens (including phenoxy) is 2. The molecule has 2 rings (SSSR count). The van der Waals surface area contributed by atoms with E-state index in [1.165, 1.54) is 0 Å². The van der Waals surface area contributed by atoms with Gasteiger partial charge in [0.25, 0.3) is 0 Å². The van der Waals surface area contributed by atoms with Gasteiger partial charge in [-0.1, -0.05) is 0 Å². The zero-order chi connectivity index (χ0) is 7.90. The lowest BCUT2D eigenvalue weighted by molar-refractivity contribution is -0.150. The molecule has 2 fully saturated rings. The molecule has 0 aromatic heterocycles. The Labute approximate surface area is 65.7 Å². The van der Waals surface area contributed by atoms with Crippen molar-refractivity contribution in [3.63, 3.8) is 0 Å². The SMILES string of the molecule is CCOC(=O)C12COCC1C2. The minimum absolute atomic E-state index is 0.0532. The van der Waals surface area contributed by atoms with Gasteiger partial charge in [-0.2, -0.15) is 0 Å². The van der Waals surface area contributed by atoms with Crippen molar-refractivity contribution in [2.75, 3.05) is 19.8 Å². The number of esters is 1. The topological polar surface area (TPSA) is 35.5 Å². The first-order chi connectivity index (χ1) is 5.29. The molecule has 0 bridgehead atoms. The quantitative estimate of drug-likeness (QED) is 0.549. The van der Waals surface area contributed by atoms with Gasteiger partial charge in [-0.15, -0.1) is 0 Å². The molecule has 0 N–H and O–H groups in total. The highest BCUT2D eigenvalue weighted by molar-refractivity contribution is 5.81. The van der Waals surface area contributed by atoms with Crippen molar-refractivity contribution in [2.24, 2.45) is 11.3 Å². The van der Waals surface area contributed by atoms with E-state index >= 15 is 0 Å². The molecule has 1 saturated heterocycles. The molecule has 1 heterocycles. The van der Waals surface area contributed by atoms with E-state index in [-0.39, 0.29) is 11.4 Å². The van der Waals surface area contributed by atoms with Crippen LogP contribution in [0.2, 0.25) is 0 Å². The molecule has 0 radical (unpaired) electrons. The molecule has 62 valence electrons. The molecule has 2 atom stereocenters. The summed E-state index contributed by atoms with van der Waals surface area (Å²) in [6.07, 6.45) is 0.978. The summed E-state index contributed by atoms with van der Waals surface area (Å²) in [6, 6.07) is 0. The summed E-state index contributed by atoms with van der Waals surface area (Å²) in [4.78, 5) is 11.3. The molecule has 3 nitrogen and oxygen atoms in total. The maximum atomic E-state index is 11.3. The third-order valence-electron chi connectivity index (χ3n) is 2.59. The van der Waals surface area contributed by atoms with Crippen LogP contribution in [0.25, 0.3) is 0 Å². The molecule has 2 aliphatic rings. The highest BCUT2D eigenvalue weighted by Gasteiger charge is 2.64. The summed E-state index contributed by atoms with van der Waals surface area (Å²) in [6.45, 7) is 3.64. The number of fused-ring (bicyclic) bond motifs is 1. The van der Waals surface area contributed by atoms with Crippen molar-refractivity contribution < 1.29 is 14.3 Å². The lowest BCUT2D eigenvalue weighted by Gasteiger charge is -2.08. The maximum absolute atomic E-state index is 11.3. The van der Waals surface area contributed by atoms with Crippen molar-refractivity contribution in [3.8, 4) is 0 Å². The Kier molecular flexibility index (Phi) is 1.42. The molecule has 0 aromatic carbocycles. The minimum atomic E-state index is -0.212. The Bertz CT molecular complexity index is 190. The fourth-order valence-corrected chi connectivity index (χ4v) is 1.74. The first-order valence-corrected chi connectivity index (χ1v) is 4.04. The zero-order valence-corrected chi connectivity index (χ0v) is 6.63. The number of rotatable bonds is 2. The number of hydrogen-bond donors (Lipinski definition) is 0. The normalized spacial score (nSPS) is 39.9. The zero-order valence-electron chi connectivity index (χ0n) is 6.63. The second kappa shape index (κ2) is 2.21. The maximum Gasteiger partial charge on any atom is 0.314 e. The average Bonchev–Trinajstić information content (AvgIpc) is 2.57. The second-order valence-corrected chi connectivity index (χ2v) is 3.29. The van der Waals surface area contributed by atoms with Crippen molar-refractivity contribution in [1.29, 1.82) is 0 Å². The smallest absolute Gasteiger partial charge is 0.314 e. The molecule has 0 spiro atoms. The van der Waals surface area contributed by atoms with E-state index in [4.69, 9.17) is 9.47 Å². The van der Waals surface area contributed by atoms with Gasteiger partial charge in [-0.3, -0.25) is 4.79 Å². The van der Waals surface area contributed by atoms with E-state index in [2.05, 4.69) is 0 Å². The lowest BCUT2D eigenvalue weighted by Crippen LogP contribution is -2.22. The van der Waals surface area contributed by atoms with E-state index in [0.717, 1.165) is 13.0 Å². The molecular weight excluding hydrogens is 144 g/mol. The van der Waals surface area contributed by atoms with E-state index in [1.807, 2.05) is 6.92 Å². The van der Waals surface area contributed by atoms with Crippen LogP contribution in [0, 0.1) is 11.3 Å². The van der Waals surface area contributed by atoms with Crippen LogP contribution in [-0.2, 0) is 14.3 Å². The molecule has 1 saturated carbocycles. The number of hydrogen-bond acceptors (Lipinski definition) is 3. The molecule has 3 heteroatoms. The van der Waals surface area contributed by atoms with Crippen LogP contribution >= 0.6 is 0 Å². The van der Waals surface area contributed by atoms with Gasteiger partial charge >= 0.3 is 5.97 Å². The summed E-state index contributed by atoms with van der Waals surface area (Å²) in [5, 5.41) is 0. The van der Waals surface area contributed by atoms with Gasteiger partial charge in [0.1, 0.15) is 0 Å². The summed E-state index contributed by atoms with van der Waals surface area (Å²) < 4.78 is 10.1. The summed E-state index contributed by atoms with van der Waals surface area (Å²) in [7, 11) is 0. The largest absolute Gasteiger partial charge is 0.465 e. The fourth-order valence-electron chi connectivity index (χ4n) is 1.74. The molecule has 1 aliphatic carbocycles. The lowest BCUT2D eigenvalue weighted by atomic mass is 10.1. The Hall–Kier alpha value is -0.570. The standard InChI is InChI=1S/C8H12O3/c1-2-11-7(9)8-3-6(8)4-10-5-8/h6H,2-5H2,1H3. The van der Waals surface area contributed by atoms with Crippen molar-refractivity contribution in [3.05, 3.63) is 0 Å². The predicted octanol–water partition coefficient (Wildman–Crippen LogP) is 0.586. The third-order valence-corrected chi connectivity index (χ3v) is 2.59. The first-order valence-electron chi connectivity index (χ1n) is 4.04. The Balaban J connectivity index is 1.99. The molecule has 0 aromatic rings. The molecule has 11 heavy (non-hydrogen) atoms. The van der Waals surface area contributed by atoms with Gasteiger partial charge in [0, 0.05) is 5.92 Å². The van der Waals surface area contributed by atoms with Crippen LogP contribution in [0.5, 0.6) is 0 Å². The van der Waals surface area contributed by atoms with Crippen molar-refractivity contribution in [2.45, 2.75) is 13.3 Å².